The van der Waals surface area contributed by atoms with Crippen molar-refractivity contribution in [2.75, 3.05) is 19.6 Å². The molecule has 4 atom stereocenters. The maximum Gasteiger partial charge on any atom is 0.0359 e. The van der Waals surface area contributed by atoms with Crippen molar-refractivity contribution < 1.29 is 0 Å². The molecule has 21 heavy (non-hydrogen) atoms. The minimum atomic E-state index is 0.282. The molecule has 0 spiro atoms. The molecule has 2 rings (SSSR count). The highest BCUT2D eigenvalue weighted by molar-refractivity contribution is 5.01. The summed E-state index contributed by atoms with van der Waals surface area (Å²) in [5, 5.41) is 0. The Labute approximate surface area is 132 Å². The van der Waals surface area contributed by atoms with Gasteiger partial charge < -0.3 is 5.73 Å². The molecule has 2 aliphatic rings. The van der Waals surface area contributed by atoms with E-state index in [-0.39, 0.29) is 5.54 Å². The maximum atomic E-state index is 6.35. The second kappa shape index (κ2) is 6.58. The zero-order valence-corrected chi connectivity index (χ0v) is 15.1. The molecule has 1 saturated heterocycles. The van der Waals surface area contributed by atoms with Crippen LogP contribution in [0.4, 0.5) is 0 Å². The fourth-order valence-corrected chi connectivity index (χ4v) is 5.01. The predicted octanol–water partition coefficient (Wildman–Crippen LogP) is 4.29. The first-order valence-corrected chi connectivity index (χ1v) is 9.26. The van der Waals surface area contributed by atoms with Gasteiger partial charge in [0, 0.05) is 12.1 Å². The van der Waals surface area contributed by atoms with Crippen LogP contribution < -0.4 is 5.73 Å². The van der Waals surface area contributed by atoms with Crippen molar-refractivity contribution in [3.8, 4) is 0 Å². The van der Waals surface area contributed by atoms with Gasteiger partial charge in [0.2, 0.25) is 0 Å². The quantitative estimate of drug-likeness (QED) is 0.823. The van der Waals surface area contributed by atoms with Crippen molar-refractivity contribution in [1.29, 1.82) is 0 Å². The molecule has 1 heterocycles. The summed E-state index contributed by atoms with van der Waals surface area (Å²) < 4.78 is 0. The minimum Gasteiger partial charge on any atom is -0.329 e. The topological polar surface area (TPSA) is 29.3 Å². The average Bonchev–Trinajstić information content (AvgIpc) is 2.68. The standard InChI is InChI=1S/C19H38N2/c1-15-8-6-11-19(14-20,16(15)2)21-12-7-9-17(10-13-21)18(3,4)5/h15-17H,6-14,20H2,1-5H3. The smallest absolute Gasteiger partial charge is 0.0359 e. The van der Waals surface area contributed by atoms with Gasteiger partial charge in [-0.05, 0) is 61.9 Å². The third-order valence-electron chi connectivity index (χ3n) is 6.91. The summed E-state index contributed by atoms with van der Waals surface area (Å²) in [6, 6.07) is 0. The highest BCUT2D eigenvalue weighted by atomic mass is 15.2. The van der Waals surface area contributed by atoms with Crippen LogP contribution in [-0.2, 0) is 0 Å². The van der Waals surface area contributed by atoms with Crippen LogP contribution in [0.1, 0.15) is 73.1 Å². The van der Waals surface area contributed by atoms with Crippen LogP contribution >= 0.6 is 0 Å². The van der Waals surface area contributed by atoms with E-state index in [9.17, 15) is 0 Å². The molecule has 0 aromatic rings. The molecule has 0 bridgehead atoms. The van der Waals surface area contributed by atoms with Crippen LogP contribution in [0, 0.1) is 23.2 Å². The van der Waals surface area contributed by atoms with Gasteiger partial charge in [0.05, 0.1) is 0 Å². The lowest BCUT2D eigenvalue weighted by molar-refractivity contribution is -0.0102. The first-order valence-electron chi connectivity index (χ1n) is 9.26. The van der Waals surface area contributed by atoms with Crippen LogP contribution in [0.3, 0.4) is 0 Å². The summed E-state index contributed by atoms with van der Waals surface area (Å²) in [4.78, 5) is 2.80. The number of rotatable bonds is 2. The van der Waals surface area contributed by atoms with Gasteiger partial charge in [-0.15, -0.1) is 0 Å². The Morgan fingerprint density at radius 2 is 1.76 bits per heavy atom. The molecule has 0 aromatic carbocycles. The van der Waals surface area contributed by atoms with Gasteiger partial charge in [0.25, 0.3) is 0 Å². The Bertz CT molecular complexity index is 333. The van der Waals surface area contributed by atoms with Gasteiger partial charge >= 0.3 is 0 Å². The van der Waals surface area contributed by atoms with Gasteiger partial charge in [-0.25, -0.2) is 0 Å². The van der Waals surface area contributed by atoms with E-state index >= 15 is 0 Å². The van der Waals surface area contributed by atoms with Gasteiger partial charge in [-0.1, -0.05) is 47.5 Å². The molecular formula is C19H38N2. The Balaban J connectivity index is 2.12. The first kappa shape index (κ1) is 17.3. The molecule has 124 valence electrons. The summed E-state index contributed by atoms with van der Waals surface area (Å²) in [6.07, 6.45) is 8.17. The molecular weight excluding hydrogens is 256 g/mol. The molecule has 2 nitrogen and oxygen atoms in total. The molecule has 1 aliphatic carbocycles. The van der Waals surface area contributed by atoms with Crippen LogP contribution in [-0.4, -0.2) is 30.1 Å². The van der Waals surface area contributed by atoms with Crippen molar-refractivity contribution in [2.45, 2.75) is 78.7 Å². The maximum absolute atomic E-state index is 6.35. The number of hydrogen-bond acceptors (Lipinski definition) is 2. The summed E-state index contributed by atoms with van der Waals surface area (Å²) in [6.45, 7) is 15.5. The van der Waals surface area contributed by atoms with Crippen LogP contribution in [0.5, 0.6) is 0 Å². The second-order valence-corrected chi connectivity index (χ2v) is 8.95. The number of likely N-dealkylation sites (tertiary alicyclic amines) is 1. The lowest BCUT2D eigenvalue weighted by Gasteiger charge is -2.52. The lowest BCUT2D eigenvalue weighted by Crippen LogP contribution is -2.61. The van der Waals surface area contributed by atoms with Gasteiger partial charge in [-0.3, -0.25) is 4.90 Å². The number of nitrogens with two attached hydrogens (primary N) is 1. The van der Waals surface area contributed by atoms with Crippen LogP contribution in [0.15, 0.2) is 0 Å². The largest absolute Gasteiger partial charge is 0.329 e. The highest BCUT2D eigenvalue weighted by Gasteiger charge is 2.45. The van der Waals surface area contributed by atoms with E-state index < -0.39 is 0 Å². The molecule has 2 fully saturated rings. The normalized spacial score (nSPS) is 40.0. The third-order valence-corrected chi connectivity index (χ3v) is 6.91. The van der Waals surface area contributed by atoms with Gasteiger partial charge in [0.1, 0.15) is 0 Å². The summed E-state index contributed by atoms with van der Waals surface area (Å²) in [7, 11) is 0. The zero-order chi connectivity index (χ0) is 15.7. The number of hydrogen-bond donors (Lipinski definition) is 1. The zero-order valence-electron chi connectivity index (χ0n) is 15.1. The Morgan fingerprint density at radius 1 is 1.05 bits per heavy atom. The monoisotopic (exact) mass is 294 g/mol. The molecule has 0 aromatic heterocycles. The third kappa shape index (κ3) is 3.47. The number of nitrogens with zero attached hydrogens (tertiary/aromatic N) is 1. The second-order valence-electron chi connectivity index (χ2n) is 8.95. The van der Waals surface area contributed by atoms with Crippen molar-refractivity contribution in [1.82, 2.24) is 4.90 Å². The average molecular weight is 295 g/mol. The lowest BCUT2D eigenvalue weighted by atomic mass is 9.67. The fourth-order valence-electron chi connectivity index (χ4n) is 5.01. The van der Waals surface area contributed by atoms with Crippen molar-refractivity contribution in [3.63, 3.8) is 0 Å². The van der Waals surface area contributed by atoms with Crippen LogP contribution in [0.25, 0.3) is 0 Å². The highest BCUT2D eigenvalue weighted by Crippen LogP contribution is 2.43. The fraction of sp³-hybridized carbons (Fsp3) is 1.00. The Kier molecular flexibility index (Phi) is 5.41. The van der Waals surface area contributed by atoms with Crippen molar-refractivity contribution >= 4 is 0 Å². The molecule has 0 radical (unpaired) electrons. The molecule has 0 amide bonds. The van der Waals surface area contributed by atoms with Gasteiger partial charge in [0.15, 0.2) is 0 Å². The summed E-state index contributed by atoms with van der Waals surface area (Å²) in [5.74, 6) is 2.43. The molecule has 4 unspecified atom stereocenters. The summed E-state index contributed by atoms with van der Waals surface area (Å²) >= 11 is 0. The summed E-state index contributed by atoms with van der Waals surface area (Å²) in [5.41, 5.74) is 7.09. The molecule has 2 heteroatoms. The van der Waals surface area contributed by atoms with E-state index in [1.807, 2.05) is 0 Å². The predicted molar refractivity (Wildman–Crippen MR) is 92.3 cm³/mol. The molecule has 1 saturated carbocycles. The van der Waals surface area contributed by atoms with E-state index in [2.05, 4.69) is 39.5 Å². The Hall–Kier alpha value is -0.0800. The molecule has 2 N–H and O–H groups in total. The van der Waals surface area contributed by atoms with Crippen molar-refractivity contribution in [2.24, 2.45) is 28.9 Å². The first-order chi connectivity index (χ1) is 9.81. The van der Waals surface area contributed by atoms with Gasteiger partial charge in [-0.2, -0.15) is 0 Å². The minimum absolute atomic E-state index is 0.282. The van der Waals surface area contributed by atoms with E-state index in [4.69, 9.17) is 5.73 Å². The van der Waals surface area contributed by atoms with E-state index in [0.717, 1.165) is 24.3 Å². The molecule has 1 aliphatic heterocycles. The SMILES string of the molecule is CC1CCCC(CN)(N2CCCC(C(C)(C)C)CC2)C1C. The van der Waals surface area contributed by atoms with Crippen LogP contribution in [0.2, 0.25) is 0 Å². The van der Waals surface area contributed by atoms with E-state index in [1.165, 1.54) is 51.6 Å². The Morgan fingerprint density at radius 3 is 2.38 bits per heavy atom. The van der Waals surface area contributed by atoms with E-state index in [1.54, 1.807) is 0 Å². The van der Waals surface area contributed by atoms with E-state index in [0.29, 0.717) is 5.41 Å². The van der Waals surface area contributed by atoms with Crippen molar-refractivity contribution in [3.05, 3.63) is 0 Å².